The molecule has 6 nitrogen and oxygen atoms in total. The number of ether oxygens (including phenoxy) is 1. The molecule has 1 atom stereocenters. The molecule has 3 aromatic rings. The number of hydrogen-bond acceptors (Lipinski definition) is 6. The summed E-state index contributed by atoms with van der Waals surface area (Å²) in [6.45, 7) is 8.64. The summed E-state index contributed by atoms with van der Waals surface area (Å²) in [7, 11) is 0. The van der Waals surface area contributed by atoms with E-state index in [9.17, 15) is 4.79 Å². The molecule has 1 saturated heterocycles. The Kier molecular flexibility index (Phi) is 5.99. The number of hydrogen-bond donors (Lipinski definition) is 0. The molecule has 2 aromatic heterocycles. The van der Waals surface area contributed by atoms with E-state index in [1.807, 2.05) is 73.5 Å². The molecule has 4 rings (SSSR count). The summed E-state index contributed by atoms with van der Waals surface area (Å²) in [6.07, 6.45) is -0.512. The zero-order valence-corrected chi connectivity index (χ0v) is 18.4. The van der Waals surface area contributed by atoms with Crippen molar-refractivity contribution in [1.29, 1.82) is 0 Å². The number of carbonyl (C=O) groups excluding carboxylic acids is 1. The van der Waals surface area contributed by atoms with Gasteiger partial charge >= 0.3 is 0 Å². The Morgan fingerprint density at radius 1 is 1.03 bits per heavy atom. The summed E-state index contributed by atoms with van der Waals surface area (Å²) in [5.74, 6) is 1.65. The van der Waals surface area contributed by atoms with Crippen molar-refractivity contribution in [1.82, 2.24) is 15.1 Å². The van der Waals surface area contributed by atoms with Crippen molar-refractivity contribution in [2.45, 2.75) is 26.9 Å². The molecule has 1 unspecified atom stereocenters. The number of benzene rings is 1. The predicted octanol–water partition coefficient (Wildman–Crippen LogP) is 3.94. The van der Waals surface area contributed by atoms with Crippen molar-refractivity contribution in [3.63, 3.8) is 0 Å². The van der Waals surface area contributed by atoms with Crippen molar-refractivity contribution in [3.05, 3.63) is 59.0 Å². The number of rotatable bonds is 5. The van der Waals surface area contributed by atoms with Crippen LogP contribution in [-0.4, -0.2) is 53.3 Å². The second-order valence-corrected chi connectivity index (χ2v) is 8.47. The lowest BCUT2D eigenvalue weighted by molar-refractivity contribution is -0.138. The third-order valence-corrected chi connectivity index (χ3v) is 6.44. The molecule has 0 N–H and O–H groups in total. The maximum atomic E-state index is 12.9. The Morgan fingerprint density at radius 2 is 1.83 bits per heavy atom. The molecule has 156 valence electrons. The molecule has 1 aliphatic rings. The number of aromatic nitrogens is 2. The van der Waals surface area contributed by atoms with Crippen LogP contribution in [0.15, 0.2) is 47.8 Å². The summed E-state index contributed by atoms with van der Waals surface area (Å²) in [4.78, 5) is 18.0. The van der Waals surface area contributed by atoms with Gasteiger partial charge in [-0.1, -0.05) is 18.2 Å². The van der Waals surface area contributed by atoms with E-state index >= 15 is 0 Å². The van der Waals surface area contributed by atoms with Crippen LogP contribution in [0.2, 0.25) is 0 Å². The van der Waals surface area contributed by atoms with Crippen LogP contribution in [0.5, 0.6) is 5.75 Å². The van der Waals surface area contributed by atoms with Crippen molar-refractivity contribution >= 4 is 23.1 Å². The summed E-state index contributed by atoms with van der Waals surface area (Å²) >= 11 is 1.65. The van der Waals surface area contributed by atoms with Gasteiger partial charge in [0.1, 0.15) is 11.4 Å². The smallest absolute Gasteiger partial charge is 0.263 e. The molecule has 7 heteroatoms. The Morgan fingerprint density at radius 3 is 2.50 bits per heavy atom. The Bertz CT molecular complexity index is 997. The van der Waals surface area contributed by atoms with E-state index in [4.69, 9.17) is 4.74 Å². The lowest BCUT2D eigenvalue weighted by atomic mass is 10.1. The van der Waals surface area contributed by atoms with Crippen molar-refractivity contribution in [2.24, 2.45) is 0 Å². The number of aryl methyl sites for hydroxylation is 1. The molecular formula is C23H26N4O2S. The van der Waals surface area contributed by atoms with Crippen molar-refractivity contribution in [2.75, 3.05) is 31.1 Å². The minimum Gasteiger partial charge on any atom is -0.481 e. The normalized spacial score (nSPS) is 15.2. The van der Waals surface area contributed by atoms with Gasteiger partial charge < -0.3 is 14.5 Å². The lowest BCUT2D eigenvalue weighted by Gasteiger charge is -2.36. The number of amides is 1. The van der Waals surface area contributed by atoms with Crippen LogP contribution in [-0.2, 0) is 4.79 Å². The number of nitrogens with zero attached hydrogens (tertiary/aromatic N) is 4. The van der Waals surface area contributed by atoms with Gasteiger partial charge in [-0.25, -0.2) is 0 Å². The monoisotopic (exact) mass is 422 g/mol. The average molecular weight is 423 g/mol. The van der Waals surface area contributed by atoms with Gasteiger partial charge in [-0.15, -0.1) is 21.5 Å². The topological polar surface area (TPSA) is 58.6 Å². The minimum atomic E-state index is -0.512. The molecule has 0 saturated carbocycles. The molecule has 1 aliphatic heterocycles. The van der Waals surface area contributed by atoms with Gasteiger partial charge in [0.2, 0.25) is 0 Å². The highest BCUT2D eigenvalue weighted by Crippen LogP contribution is 2.24. The highest BCUT2D eigenvalue weighted by Gasteiger charge is 2.27. The Hall–Kier alpha value is -2.93. The van der Waals surface area contributed by atoms with Crippen LogP contribution >= 0.6 is 11.3 Å². The summed E-state index contributed by atoms with van der Waals surface area (Å²) in [5.41, 5.74) is 3.12. The number of anilines is 1. The first-order valence-electron chi connectivity index (χ1n) is 10.2. The van der Waals surface area contributed by atoms with Gasteiger partial charge in [0.05, 0.1) is 4.88 Å². The zero-order chi connectivity index (χ0) is 21.1. The van der Waals surface area contributed by atoms with Gasteiger partial charge in [-0.05, 0) is 61.5 Å². The predicted molar refractivity (Wildman–Crippen MR) is 120 cm³/mol. The highest BCUT2D eigenvalue weighted by atomic mass is 32.1. The van der Waals surface area contributed by atoms with Crippen LogP contribution < -0.4 is 9.64 Å². The van der Waals surface area contributed by atoms with E-state index in [0.29, 0.717) is 13.1 Å². The summed E-state index contributed by atoms with van der Waals surface area (Å²) in [6, 6.07) is 14.0. The van der Waals surface area contributed by atoms with Gasteiger partial charge in [-0.2, -0.15) is 0 Å². The van der Waals surface area contributed by atoms with E-state index in [2.05, 4.69) is 15.1 Å². The van der Waals surface area contributed by atoms with Crippen LogP contribution in [0, 0.1) is 13.8 Å². The SMILES string of the molecule is Cc1cccc(OC(C)C(=O)N2CCN(c3ccc(-c4cccs4)nn3)CC2)c1C. The van der Waals surface area contributed by atoms with Crippen LogP contribution in [0.25, 0.3) is 10.6 Å². The minimum absolute atomic E-state index is 0.0229. The highest BCUT2D eigenvalue weighted by molar-refractivity contribution is 7.13. The molecule has 0 aliphatic carbocycles. The van der Waals surface area contributed by atoms with Gasteiger partial charge in [-0.3, -0.25) is 4.79 Å². The third-order valence-electron chi connectivity index (χ3n) is 5.55. The van der Waals surface area contributed by atoms with Crippen LogP contribution in [0.3, 0.4) is 0 Å². The molecule has 1 amide bonds. The number of thiophene rings is 1. The van der Waals surface area contributed by atoms with Crippen LogP contribution in [0.4, 0.5) is 5.82 Å². The van der Waals surface area contributed by atoms with E-state index < -0.39 is 6.10 Å². The van der Waals surface area contributed by atoms with Gasteiger partial charge in [0, 0.05) is 26.2 Å². The number of piperazine rings is 1. The fourth-order valence-electron chi connectivity index (χ4n) is 3.56. The fourth-order valence-corrected chi connectivity index (χ4v) is 4.25. The van der Waals surface area contributed by atoms with E-state index in [0.717, 1.165) is 46.4 Å². The van der Waals surface area contributed by atoms with Gasteiger partial charge in [0.15, 0.2) is 11.9 Å². The fraction of sp³-hybridized carbons (Fsp3) is 0.348. The quantitative estimate of drug-likeness (QED) is 0.623. The molecule has 0 radical (unpaired) electrons. The molecule has 0 spiro atoms. The third kappa shape index (κ3) is 4.31. The lowest BCUT2D eigenvalue weighted by Crippen LogP contribution is -2.52. The summed E-state index contributed by atoms with van der Waals surface area (Å²) < 4.78 is 5.97. The van der Waals surface area contributed by atoms with E-state index in [-0.39, 0.29) is 5.91 Å². The van der Waals surface area contributed by atoms with Gasteiger partial charge in [0.25, 0.3) is 5.91 Å². The largest absolute Gasteiger partial charge is 0.481 e. The van der Waals surface area contributed by atoms with E-state index in [1.165, 1.54) is 0 Å². The van der Waals surface area contributed by atoms with Crippen molar-refractivity contribution in [3.8, 4) is 16.3 Å². The molecular weight excluding hydrogens is 396 g/mol. The second kappa shape index (κ2) is 8.83. The molecule has 0 bridgehead atoms. The number of carbonyl (C=O) groups is 1. The average Bonchev–Trinajstić information content (AvgIpc) is 3.32. The zero-order valence-electron chi connectivity index (χ0n) is 17.5. The second-order valence-electron chi connectivity index (χ2n) is 7.52. The maximum Gasteiger partial charge on any atom is 0.263 e. The maximum absolute atomic E-state index is 12.9. The standard InChI is InChI=1S/C23H26N4O2S/c1-16-6-4-7-20(17(16)2)29-18(3)23(28)27-13-11-26(12-14-27)22-10-9-19(24-25-22)21-8-5-15-30-21/h4-10,15,18H,11-14H2,1-3H3. The molecule has 3 heterocycles. The van der Waals surface area contributed by atoms with Crippen molar-refractivity contribution < 1.29 is 9.53 Å². The van der Waals surface area contributed by atoms with Crippen LogP contribution in [0.1, 0.15) is 18.1 Å². The first-order valence-corrected chi connectivity index (χ1v) is 11.0. The van der Waals surface area contributed by atoms with E-state index in [1.54, 1.807) is 11.3 Å². The Labute approximate surface area is 181 Å². The Balaban J connectivity index is 1.33. The summed E-state index contributed by atoms with van der Waals surface area (Å²) in [5, 5.41) is 10.8. The molecule has 1 fully saturated rings. The first kappa shape index (κ1) is 20.3. The first-order chi connectivity index (χ1) is 14.5. The molecule has 1 aromatic carbocycles. The molecule has 30 heavy (non-hydrogen) atoms.